The average molecular weight is 455 g/mol. The maximum Gasteiger partial charge on any atom is 0.377 e. The predicted octanol–water partition coefficient (Wildman–Crippen LogP) is 0.607. The zero-order valence-corrected chi connectivity index (χ0v) is 16.9. The number of para-hydroxylation sites is 1. The van der Waals surface area contributed by atoms with E-state index in [2.05, 4.69) is 35.8 Å². The molecule has 5 N–H and O–H groups in total. The highest BCUT2D eigenvalue weighted by Gasteiger charge is 2.31. The van der Waals surface area contributed by atoms with Gasteiger partial charge in [0, 0.05) is 5.56 Å². The number of ether oxygens (including phenoxy) is 1. The van der Waals surface area contributed by atoms with Crippen molar-refractivity contribution in [2.45, 2.75) is 0 Å². The Morgan fingerprint density at radius 2 is 2.16 bits per heavy atom. The topological polar surface area (TPSA) is 185 Å². The molecular formula is C18H15N8O5S+. The second-order valence-electron chi connectivity index (χ2n) is 6.11. The van der Waals surface area contributed by atoms with Gasteiger partial charge in [0.2, 0.25) is 0 Å². The van der Waals surface area contributed by atoms with Gasteiger partial charge in [0.05, 0.1) is 11.1 Å². The maximum absolute atomic E-state index is 12.8. The summed E-state index contributed by atoms with van der Waals surface area (Å²) in [5.74, 6) is -1.26. The molecule has 0 saturated carbocycles. The van der Waals surface area contributed by atoms with Crippen LogP contribution >= 0.6 is 11.3 Å². The molecule has 32 heavy (non-hydrogen) atoms. The largest absolute Gasteiger partial charge is 0.481 e. The number of benzene rings is 1. The summed E-state index contributed by atoms with van der Waals surface area (Å²) in [6.45, 7) is -0.505. The molecule has 0 atom stereocenters. The molecule has 0 spiro atoms. The van der Waals surface area contributed by atoms with Gasteiger partial charge in [0.15, 0.2) is 12.3 Å². The molecule has 1 amide bonds. The molecule has 13 nitrogen and oxygen atoms in total. The molecule has 4 rings (SSSR count). The number of nitrogen functional groups attached to an aromatic ring is 1. The van der Waals surface area contributed by atoms with Crippen molar-refractivity contribution in [3.8, 4) is 22.1 Å². The summed E-state index contributed by atoms with van der Waals surface area (Å²) in [5.41, 5.74) is 9.07. The number of anilines is 1. The van der Waals surface area contributed by atoms with Gasteiger partial charge < -0.3 is 15.6 Å². The van der Waals surface area contributed by atoms with Gasteiger partial charge in [-0.2, -0.15) is 9.73 Å². The quantitative estimate of drug-likeness (QED) is 0.168. The first-order valence-corrected chi connectivity index (χ1v) is 9.82. The number of hydrazone groups is 1. The first-order chi connectivity index (χ1) is 15.5. The number of carboxylic acids is 1. The van der Waals surface area contributed by atoms with E-state index in [1.807, 2.05) is 11.4 Å². The number of nitrogens with two attached hydrogens (primary N) is 1. The Labute approximate surface area is 183 Å². The molecule has 0 aliphatic rings. The van der Waals surface area contributed by atoms with Crippen molar-refractivity contribution in [2.24, 2.45) is 5.10 Å². The summed E-state index contributed by atoms with van der Waals surface area (Å²) in [6, 6.07) is 10.3. The Bertz CT molecular complexity index is 1280. The number of aromatic nitrogens is 5. The number of carbonyl (C=O) groups is 2. The van der Waals surface area contributed by atoms with Crippen LogP contribution in [0.25, 0.3) is 16.4 Å². The van der Waals surface area contributed by atoms with Crippen molar-refractivity contribution >= 4 is 35.2 Å². The molecule has 0 aliphatic carbocycles. The third kappa shape index (κ3) is 4.29. The number of carbonyl (C=O) groups excluding carboxylic acids is 1. The number of amides is 1. The Morgan fingerprint density at radius 1 is 1.31 bits per heavy atom. The van der Waals surface area contributed by atoms with Crippen LogP contribution in [-0.2, 0) is 4.79 Å². The lowest BCUT2D eigenvalue weighted by atomic mass is 10.2. The van der Waals surface area contributed by atoms with Gasteiger partial charge in [-0.3, -0.25) is 4.79 Å². The number of aromatic amines is 1. The van der Waals surface area contributed by atoms with E-state index in [1.165, 1.54) is 22.2 Å². The molecule has 14 heteroatoms. The van der Waals surface area contributed by atoms with Crippen LogP contribution in [-0.4, -0.2) is 50.4 Å². The summed E-state index contributed by atoms with van der Waals surface area (Å²) < 4.78 is 11.2. The van der Waals surface area contributed by atoms with Crippen LogP contribution in [0, 0.1) is 0 Å². The molecule has 0 radical (unpaired) electrons. The van der Waals surface area contributed by atoms with E-state index in [4.69, 9.17) is 15.6 Å². The molecule has 4 aromatic rings. The number of carboxylic acid groups (broad SMARTS) is 1. The smallest absolute Gasteiger partial charge is 0.377 e. The Balaban J connectivity index is 1.58. The standard InChI is InChI=1S/C18H14N8O5S/c19-16-17(24-31-23-16)26-15(12-6-3-7-32-12)14(21-25-26)18(29)22-20-8-10-4-1-2-5-11(10)30-9-13(27)28/h1-8H,9H2,(H4,19,22,23,27,28,29)/p+1/b20-8+. The number of nitrogens with zero attached hydrogens (tertiary/aromatic N) is 5. The summed E-state index contributed by atoms with van der Waals surface area (Å²) in [7, 11) is 0. The van der Waals surface area contributed by atoms with Crippen molar-refractivity contribution in [1.82, 2.24) is 26.1 Å². The Kier molecular flexibility index (Phi) is 5.85. The second kappa shape index (κ2) is 9.05. The minimum absolute atomic E-state index is 0.0133. The number of rotatable bonds is 8. The van der Waals surface area contributed by atoms with Gasteiger partial charge >= 0.3 is 17.7 Å². The van der Waals surface area contributed by atoms with Crippen LogP contribution in [0.15, 0.2) is 51.5 Å². The van der Waals surface area contributed by atoms with E-state index in [1.54, 1.807) is 30.3 Å². The Hall–Kier alpha value is -4.59. The van der Waals surface area contributed by atoms with Crippen LogP contribution in [0.1, 0.15) is 16.1 Å². The summed E-state index contributed by atoms with van der Waals surface area (Å²) in [4.78, 5) is 24.2. The monoisotopic (exact) mass is 455 g/mol. The fourth-order valence-corrected chi connectivity index (χ4v) is 3.44. The number of thiophene rings is 1. The highest BCUT2D eigenvalue weighted by Crippen LogP contribution is 2.25. The molecule has 0 aliphatic heterocycles. The van der Waals surface area contributed by atoms with Gasteiger partial charge in [-0.15, -0.1) is 21.2 Å². The number of nitrogens with one attached hydrogen (secondary N) is 2. The van der Waals surface area contributed by atoms with E-state index < -0.39 is 18.5 Å². The summed E-state index contributed by atoms with van der Waals surface area (Å²) >= 11 is 1.38. The fraction of sp³-hybridized carbons (Fsp3) is 0.0556. The van der Waals surface area contributed by atoms with Gasteiger partial charge in [-0.1, -0.05) is 18.2 Å². The Morgan fingerprint density at radius 3 is 2.88 bits per heavy atom. The first-order valence-electron chi connectivity index (χ1n) is 8.94. The lowest BCUT2D eigenvalue weighted by molar-refractivity contribution is -0.652. The highest BCUT2D eigenvalue weighted by atomic mass is 32.1. The number of H-pyrrole nitrogens is 1. The van der Waals surface area contributed by atoms with E-state index in [0.29, 0.717) is 21.9 Å². The van der Waals surface area contributed by atoms with Crippen molar-refractivity contribution in [3.63, 3.8) is 0 Å². The van der Waals surface area contributed by atoms with Crippen LogP contribution in [0.3, 0.4) is 0 Å². The van der Waals surface area contributed by atoms with Crippen LogP contribution < -0.4 is 20.6 Å². The van der Waals surface area contributed by atoms with Crippen molar-refractivity contribution < 1.29 is 28.7 Å². The normalized spacial score (nSPS) is 11.0. The van der Waals surface area contributed by atoms with Gasteiger partial charge in [-0.05, 0) is 33.8 Å². The average Bonchev–Trinajstić information content (AvgIpc) is 3.52. The first kappa shape index (κ1) is 20.7. The van der Waals surface area contributed by atoms with E-state index >= 15 is 0 Å². The molecule has 3 heterocycles. The zero-order valence-electron chi connectivity index (χ0n) is 16.1. The SMILES string of the molecule is Nc1nonc1-[n+]1[nH]nc(C(=O)N/N=C/c2ccccc2OCC(=O)O)c1-c1cccs1. The summed E-state index contributed by atoms with van der Waals surface area (Å²) in [6.07, 6.45) is 1.33. The third-order valence-corrected chi connectivity index (χ3v) is 4.90. The molecule has 0 fully saturated rings. The maximum atomic E-state index is 12.8. The van der Waals surface area contributed by atoms with E-state index in [0.717, 1.165) is 0 Å². The predicted molar refractivity (Wildman–Crippen MR) is 110 cm³/mol. The number of aliphatic carboxylic acids is 1. The highest BCUT2D eigenvalue weighted by molar-refractivity contribution is 7.13. The molecule has 0 bridgehead atoms. The number of hydrogen-bond acceptors (Lipinski definition) is 10. The van der Waals surface area contributed by atoms with Crippen LogP contribution in [0.2, 0.25) is 0 Å². The van der Waals surface area contributed by atoms with Gasteiger partial charge in [-0.25, -0.2) is 10.2 Å². The van der Waals surface area contributed by atoms with Crippen molar-refractivity contribution in [2.75, 3.05) is 12.3 Å². The van der Waals surface area contributed by atoms with E-state index in [-0.39, 0.29) is 17.3 Å². The fourth-order valence-electron chi connectivity index (χ4n) is 2.68. The minimum atomic E-state index is -1.11. The van der Waals surface area contributed by atoms with Gasteiger partial charge in [0.1, 0.15) is 10.9 Å². The number of hydrogen-bond donors (Lipinski definition) is 4. The molecule has 162 valence electrons. The lowest BCUT2D eigenvalue weighted by Crippen LogP contribution is -2.36. The second-order valence-corrected chi connectivity index (χ2v) is 7.06. The van der Waals surface area contributed by atoms with Crippen LogP contribution in [0.5, 0.6) is 5.75 Å². The minimum Gasteiger partial charge on any atom is -0.481 e. The molecule has 0 saturated heterocycles. The van der Waals surface area contributed by atoms with Gasteiger partial charge in [0.25, 0.3) is 11.5 Å². The van der Waals surface area contributed by atoms with Crippen molar-refractivity contribution in [1.29, 1.82) is 0 Å². The van der Waals surface area contributed by atoms with E-state index in [9.17, 15) is 9.59 Å². The molecule has 3 aromatic heterocycles. The zero-order chi connectivity index (χ0) is 22.5. The van der Waals surface area contributed by atoms with Crippen LogP contribution in [0.4, 0.5) is 5.82 Å². The molecule has 0 unspecified atom stereocenters. The summed E-state index contributed by atoms with van der Waals surface area (Å²) in [5, 5.41) is 28.6. The molecule has 1 aromatic carbocycles. The van der Waals surface area contributed by atoms with Crippen molar-refractivity contribution in [3.05, 3.63) is 53.0 Å². The lowest BCUT2D eigenvalue weighted by Gasteiger charge is -2.06. The third-order valence-electron chi connectivity index (χ3n) is 4.03. The molecular weight excluding hydrogens is 440 g/mol.